The van der Waals surface area contributed by atoms with Crippen LogP contribution in [0.4, 0.5) is 0 Å². The van der Waals surface area contributed by atoms with Gasteiger partial charge in [0.1, 0.15) is 0 Å². The predicted octanol–water partition coefficient (Wildman–Crippen LogP) is 1.89. The summed E-state index contributed by atoms with van der Waals surface area (Å²) in [5, 5.41) is 10.9. The Morgan fingerprint density at radius 1 is 1.48 bits per heavy atom. The van der Waals surface area contributed by atoms with Gasteiger partial charge in [0.2, 0.25) is 0 Å². The van der Waals surface area contributed by atoms with Crippen molar-refractivity contribution >= 4 is 29.9 Å². The van der Waals surface area contributed by atoms with E-state index < -0.39 is 0 Å². The number of rotatable bonds is 10. The first-order valence-corrected chi connectivity index (χ1v) is 8.89. The summed E-state index contributed by atoms with van der Waals surface area (Å²) in [6, 6.07) is 1.95. The Balaban J connectivity index is 0.00000312. The van der Waals surface area contributed by atoms with E-state index in [2.05, 4.69) is 27.6 Å². The summed E-state index contributed by atoms with van der Waals surface area (Å²) >= 11 is 0. The highest BCUT2D eigenvalue weighted by atomic mass is 127. The maximum absolute atomic E-state index is 5.65. The summed E-state index contributed by atoms with van der Waals surface area (Å²) in [6.07, 6.45) is 7.35. The molecule has 2 atom stereocenters. The molecular weight excluding hydrogens is 433 g/mol. The Kier molecular flexibility index (Phi) is 11.8. The molecule has 1 saturated heterocycles. The first kappa shape index (κ1) is 22.2. The molecule has 1 aromatic heterocycles. The van der Waals surface area contributed by atoms with E-state index in [4.69, 9.17) is 9.47 Å². The summed E-state index contributed by atoms with van der Waals surface area (Å²) in [5.41, 5.74) is 0. The minimum atomic E-state index is 0. The second kappa shape index (κ2) is 13.3. The first-order chi connectivity index (χ1) is 11.8. The molecule has 0 amide bonds. The van der Waals surface area contributed by atoms with Crippen LogP contribution in [0.5, 0.6) is 0 Å². The molecule has 0 bridgehead atoms. The second-order valence-corrected chi connectivity index (χ2v) is 6.28. The molecule has 8 heteroatoms. The zero-order chi connectivity index (χ0) is 17.0. The van der Waals surface area contributed by atoms with Crippen LogP contribution in [0.25, 0.3) is 0 Å². The molecule has 1 fully saturated rings. The van der Waals surface area contributed by atoms with Gasteiger partial charge in [-0.25, -0.2) is 0 Å². The van der Waals surface area contributed by atoms with Crippen LogP contribution in [0.15, 0.2) is 23.5 Å². The Hall–Kier alpha value is -0.870. The third-order valence-electron chi connectivity index (χ3n) is 3.99. The number of halogens is 1. The number of aromatic nitrogens is 2. The molecule has 1 aliphatic heterocycles. The monoisotopic (exact) mass is 465 g/mol. The highest BCUT2D eigenvalue weighted by Gasteiger charge is 2.14. The zero-order valence-corrected chi connectivity index (χ0v) is 17.6. The van der Waals surface area contributed by atoms with E-state index in [1.165, 1.54) is 0 Å². The van der Waals surface area contributed by atoms with E-state index in [0.717, 1.165) is 64.7 Å². The van der Waals surface area contributed by atoms with Gasteiger partial charge in [-0.15, -0.1) is 24.0 Å². The first-order valence-electron chi connectivity index (χ1n) is 8.89. The van der Waals surface area contributed by atoms with Gasteiger partial charge >= 0.3 is 0 Å². The Morgan fingerprint density at radius 3 is 3.04 bits per heavy atom. The van der Waals surface area contributed by atoms with Crippen LogP contribution in [0.1, 0.15) is 26.2 Å². The number of nitrogens with one attached hydrogen (secondary N) is 2. The lowest BCUT2D eigenvalue weighted by atomic mass is 10.2. The largest absolute Gasteiger partial charge is 0.379 e. The van der Waals surface area contributed by atoms with E-state index in [9.17, 15) is 0 Å². The van der Waals surface area contributed by atoms with Crippen LogP contribution in [0, 0.1) is 5.92 Å². The van der Waals surface area contributed by atoms with Crippen molar-refractivity contribution in [3.63, 3.8) is 0 Å². The Bertz CT molecular complexity index is 464. The third-order valence-corrected chi connectivity index (χ3v) is 3.99. The number of hydrogen-bond acceptors (Lipinski definition) is 4. The Labute approximate surface area is 168 Å². The SMILES string of the molecule is CN=C(NCCCOCC1CCCO1)NCC(C)Cn1cccn1.I. The highest BCUT2D eigenvalue weighted by molar-refractivity contribution is 14.0. The van der Waals surface area contributed by atoms with Crippen LogP contribution in [-0.4, -0.2) is 61.8 Å². The maximum Gasteiger partial charge on any atom is 0.190 e. The summed E-state index contributed by atoms with van der Waals surface area (Å²) in [4.78, 5) is 4.25. The standard InChI is InChI=1S/C17H31N5O2.HI/c1-15(13-22-9-4-8-21-22)12-20-17(18-2)19-7-5-10-23-14-16-6-3-11-24-16;/h4,8-9,15-16H,3,5-7,10-14H2,1-2H3,(H2,18,19,20);1H. The van der Waals surface area contributed by atoms with Crippen molar-refractivity contribution in [1.82, 2.24) is 20.4 Å². The van der Waals surface area contributed by atoms with E-state index in [1.54, 1.807) is 7.05 Å². The zero-order valence-electron chi connectivity index (χ0n) is 15.3. The average molecular weight is 465 g/mol. The predicted molar refractivity (Wildman–Crippen MR) is 111 cm³/mol. The van der Waals surface area contributed by atoms with Gasteiger partial charge in [0.05, 0.1) is 12.7 Å². The van der Waals surface area contributed by atoms with Crippen molar-refractivity contribution < 1.29 is 9.47 Å². The number of guanidine groups is 1. The topological polar surface area (TPSA) is 72.7 Å². The fourth-order valence-electron chi connectivity index (χ4n) is 2.66. The smallest absolute Gasteiger partial charge is 0.190 e. The molecule has 2 unspecified atom stereocenters. The van der Waals surface area contributed by atoms with Crippen molar-refractivity contribution in [2.45, 2.75) is 38.8 Å². The summed E-state index contributed by atoms with van der Waals surface area (Å²) in [5.74, 6) is 1.31. The molecule has 1 aliphatic rings. The molecular formula is C17H32IN5O2. The normalized spacial score (nSPS) is 18.6. The fraction of sp³-hybridized carbons (Fsp3) is 0.765. The second-order valence-electron chi connectivity index (χ2n) is 6.28. The molecule has 0 aromatic carbocycles. The van der Waals surface area contributed by atoms with Crippen LogP contribution >= 0.6 is 24.0 Å². The molecule has 0 aliphatic carbocycles. The van der Waals surface area contributed by atoms with E-state index in [1.807, 2.05) is 23.1 Å². The lowest BCUT2D eigenvalue weighted by Crippen LogP contribution is -2.40. The van der Waals surface area contributed by atoms with Gasteiger partial charge in [-0.1, -0.05) is 6.92 Å². The van der Waals surface area contributed by atoms with Crippen molar-refractivity contribution in [3.8, 4) is 0 Å². The number of hydrogen-bond donors (Lipinski definition) is 2. The van der Waals surface area contributed by atoms with Crippen LogP contribution in [-0.2, 0) is 16.0 Å². The van der Waals surface area contributed by atoms with E-state index >= 15 is 0 Å². The van der Waals surface area contributed by atoms with Gasteiger partial charge in [-0.2, -0.15) is 5.10 Å². The number of aliphatic imine (C=N–C) groups is 1. The maximum atomic E-state index is 5.65. The molecule has 2 heterocycles. The van der Waals surface area contributed by atoms with Gasteiger partial charge < -0.3 is 20.1 Å². The lowest BCUT2D eigenvalue weighted by Gasteiger charge is -2.16. The van der Waals surface area contributed by atoms with Crippen molar-refractivity contribution in [2.75, 3.05) is 40.0 Å². The number of nitrogens with zero attached hydrogens (tertiary/aromatic N) is 3. The highest BCUT2D eigenvalue weighted by Crippen LogP contribution is 2.11. The van der Waals surface area contributed by atoms with Crippen molar-refractivity contribution in [3.05, 3.63) is 18.5 Å². The third kappa shape index (κ3) is 9.41. The van der Waals surface area contributed by atoms with Crippen molar-refractivity contribution in [1.29, 1.82) is 0 Å². The van der Waals surface area contributed by atoms with E-state index in [-0.39, 0.29) is 24.0 Å². The van der Waals surface area contributed by atoms with Gasteiger partial charge in [0, 0.05) is 52.3 Å². The van der Waals surface area contributed by atoms with Gasteiger partial charge in [-0.05, 0) is 31.2 Å². The molecule has 0 radical (unpaired) electrons. The Morgan fingerprint density at radius 2 is 2.36 bits per heavy atom. The van der Waals surface area contributed by atoms with E-state index in [0.29, 0.717) is 12.0 Å². The van der Waals surface area contributed by atoms with Gasteiger partial charge in [0.15, 0.2) is 5.96 Å². The molecule has 2 rings (SSSR count). The van der Waals surface area contributed by atoms with Gasteiger partial charge in [0.25, 0.3) is 0 Å². The molecule has 7 nitrogen and oxygen atoms in total. The lowest BCUT2D eigenvalue weighted by molar-refractivity contribution is 0.0168. The summed E-state index contributed by atoms with van der Waals surface area (Å²) in [6.45, 7) is 7.15. The minimum Gasteiger partial charge on any atom is -0.379 e. The molecule has 0 spiro atoms. The minimum absolute atomic E-state index is 0. The fourth-order valence-corrected chi connectivity index (χ4v) is 2.66. The number of ether oxygens (including phenoxy) is 2. The van der Waals surface area contributed by atoms with Crippen LogP contribution < -0.4 is 10.6 Å². The summed E-state index contributed by atoms with van der Waals surface area (Å²) in [7, 11) is 1.79. The average Bonchev–Trinajstić information content (AvgIpc) is 3.27. The van der Waals surface area contributed by atoms with Gasteiger partial charge in [-0.3, -0.25) is 9.67 Å². The quantitative estimate of drug-likeness (QED) is 0.239. The molecule has 1 aromatic rings. The molecule has 0 saturated carbocycles. The van der Waals surface area contributed by atoms with Crippen LogP contribution in [0.3, 0.4) is 0 Å². The summed E-state index contributed by atoms with van der Waals surface area (Å²) < 4.78 is 13.1. The van der Waals surface area contributed by atoms with Crippen molar-refractivity contribution in [2.24, 2.45) is 10.9 Å². The van der Waals surface area contributed by atoms with Crippen LogP contribution in [0.2, 0.25) is 0 Å². The molecule has 25 heavy (non-hydrogen) atoms. The molecule has 144 valence electrons. The molecule has 2 N–H and O–H groups in total.